The molecule has 1 unspecified atom stereocenters. The van der Waals surface area contributed by atoms with Crippen LogP contribution >= 0.6 is 12.4 Å². The molecule has 5 nitrogen and oxygen atoms in total. The van der Waals surface area contributed by atoms with Gasteiger partial charge in [-0.2, -0.15) is 0 Å². The number of hydrogen-bond donors (Lipinski definition) is 1. The van der Waals surface area contributed by atoms with Crippen molar-refractivity contribution in [2.75, 3.05) is 26.2 Å². The fourth-order valence-electron chi connectivity index (χ4n) is 3.03. The van der Waals surface area contributed by atoms with Crippen molar-refractivity contribution in [3.63, 3.8) is 0 Å². The summed E-state index contributed by atoms with van der Waals surface area (Å²) in [4.78, 5) is 27.3. The third-order valence-corrected chi connectivity index (χ3v) is 4.30. The van der Waals surface area contributed by atoms with Crippen LogP contribution in [0.5, 0.6) is 0 Å². The lowest BCUT2D eigenvalue weighted by molar-refractivity contribution is -0.146. The lowest BCUT2D eigenvalue weighted by Crippen LogP contribution is -2.55. The van der Waals surface area contributed by atoms with Gasteiger partial charge in [-0.3, -0.25) is 14.9 Å². The third-order valence-electron chi connectivity index (χ3n) is 4.30. The van der Waals surface area contributed by atoms with Crippen LogP contribution in [0.2, 0.25) is 0 Å². The molecule has 1 N–H and O–H groups in total. The van der Waals surface area contributed by atoms with Crippen LogP contribution < -0.4 is 5.32 Å². The molecule has 2 aliphatic rings. The van der Waals surface area contributed by atoms with Crippen LogP contribution in [-0.4, -0.2) is 59.8 Å². The van der Waals surface area contributed by atoms with E-state index in [-0.39, 0.29) is 43.8 Å². The normalized spacial score (nSPS) is 22.7. The maximum absolute atomic E-state index is 13.2. The van der Waals surface area contributed by atoms with Gasteiger partial charge in [0, 0.05) is 26.1 Å². The summed E-state index contributed by atoms with van der Waals surface area (Å²) in [7, 11) is 0. The molecule has 0 bridgehead atoms. The molecule has 2 amide bonds. The van der Waals surface area contributed by atoms with Crippen molar-refractivity contribution < 1.29 is 22.8 Å². The molecule has 0 radical (unpaired) electrons. The zero-order valence-electron chi connectivity index (χ0n) is 13.4. The smallest absolute Gasteiger partial charge is 0.262 e. The number of alkyl halides is 2. The zero-order valence-corrected chi connectivity index (χ0v) is 14.2. The van der Waals surface area contributed by atoms with Crippen molar-refractivity contribution >= 4 is 24.2 Å². The highest BCUT2D eigenvalue weighted by Gasteiger charge is 2.44. The average molecular weight is 378 g/mol. The first-order valence-electron chi connectivity index (χ1n) is 7.76. The van der Waals surface area contributed by atoms with Gasteiger partial charge in [0.15, 0.2) is 0 Å². The van der Waals surface area contributed by atoms with Crippen LogP contribution in [-0.2, 0) is 16.1 Å². The van der Waals surface area contributed by atoms with Gasteiger partial charge in [-0.05, 0) is 17.7 Å². The fourth-order valence-corrected chi connectivity index (χ4v) is 3.03. The quantitative estimate of drug-likeness (QED) is 0.866. The summed E-state index contributed by atoms with van der Waals surface area (Å²) in [5, 5.41) is 2.51. The SMILES string of the molecule is Cl.O=C1CN(C(=O)C2CC(F)(F)CN2)CCN1Cc1cccc(F)c1. The van der Waals surface area contributed by atoms with Gasteiger partial charge in [-0.25, -0.2) is 13.2 Å². The van der Waals surface area contributed by atoms with E-state index in [2.05, 4.69) is 5.32 Å². The number of hydrogen-bond acceptors (Lipinski definition) is 3. The second-order valence-electron chi connectivity index (χ2n) is 6.20. The molecule has 1 atom stereocenters. The molecule has 138 valence electrons. The Morgan fingerprint density at radius 2 is 2.08 bits per heavy atom. The lowest BCUT2D eigenvalue weighted by Gasteiger charge is -2.35. The maximum atomic E-state index is 13.2. The Hall–Kier alpha value is -1.80. The first-order chi connectivity index (χ1) is 11.3. The number of halogens is 4. The van der Waals surface area contributed by atoms with Crippen molar-refractivity contribution in [1.29, 1.82) is 0 Å². The van der Waals surface area contributed by atoms with Gasteiger partial charge in [0.05, 0.1) is 19.1 Å². The third kappa shape index (κ3) is 4.64. The monoisotopic (exact) mass is 377 g/mol. The largest absolute Gasteiger partial charge is 0.335 e. The van der Waals surface area contributed by atoms with Crippen molar-refractivity contribution in [2.45, 2.75) is 24.9 Å². The zero-order chi connectivity index (χ0) is 17.3. The number of carbonyl (C=O) groups is 2. The van der Waals surface area contributed by atoms with Crippen LogP contribution in [0.4, 0.5) is 13.2 Å². The molecule has 9 heteroatoms. The minimum absolute atomic E-state index is 0. The minimum Gasteiger partial charge on any atom is -0.335 e. The van der Waals surface area contributed by atoms with E-state index < -0.39 is 30.8 Å². The second kappa shape index (κ2) is 7.61. The number of amides is 2. The van der Waals surface area contributed by atoms with Crippen molar-refractivity contribution in [2.24, 2.45) is 0 Å². The standard InChI is InChI=1S/C16H18F3N3O2.ClH/c17-12-3-1-2-11(6-12)8-21-4-5-22(9-14(21)23)15(24)13-7-16(18,19)10-20-13;/h1-3,6,13,20H,4-5,7-10H2;1H. The van der Waals surface area contributed by atoms with Gasteiger partial charge >= 0.3 is 0 Å². The van der Waals surface area contributed by atoms with E-state index in [0.717, 1.165) is 0 Å². The van der Waals surface area contributed by atoms with Gasteiger partial charge in [-0.15, -0.1) is 12.4 Å². The lowest BCUT2D eigenvalue weighted by atomic mass is 10.1. The van der Waals surface area contributed by atoms with Gasteiger partial charge in [0.2, 0.25) is 11.8 Å². The number of nitrogens with one attached hydrogen (secondary N) is 1. The number of carbonyl (C=O) groups excluding carboxylic acids is 2. The Morgan fingerprint density at radius 1 is 1.32 bits per heavy atom. The molecule has 2 heterocycles. The van der Waals surface area contributed by atoms with Crippen LogP contribution in [0.15, 0.2) is 24.3 Å². The highest BCUT2D eigenvalue weighted by molar-refractivity contribution is 5.88. The predicted molar refractivity (Wildman–Crippen MR) is 87.0 cm³/mol. The van der Waals surface area contributed by atoms with Gasteiger partial charge in [-0.1, -0.05) is 12.1 Å². The molecule has 0 aromatic heterocycles. The molecule has 2 aliphatic heterocycles. The summed E-state index contributed by atoms with van der Waals surface area (Å²) >= 11 is 0. The van der Waals surface area contributed by atoms with E-state index >= 15 is 0 Å². The van der Waals surface area contributed by atoms with E-state index in [4.69, 9.17) is 0 Å². The summed E-state index contributed by atoms with van der Waals surface area (Å²) in [5.41, 5.74) is 0.667. The summed E-state index contributed by atoms with van der Waals surface area (Å²) in [6.45, 7) is 0.182. The predicted octanol–water partition coefficient (Wildman–Crippen LogP) is 1.42. The number of nitrogens with zero attached hydrogens (tertiary/aromatic N) is 2. The summed E-state index contributed by atoms with van der Waals surface area (Å²) in [6.07, 6.45) is -0.538. The van der Waals surface area contributed by atoms with Crippen LogP contribution in [0.1, 0.15) is 12.0 Å². The Kier molecular flexibility index (Phi) is 5.95. The van der Waals surface area contributed by atoms with E-state index in [1.807, 2.05) is 0 Å². The molecule has 1 aromatic carbocycles. The number of benzene rings is 1. The fraction of sp³-hybridized carbons (Fsp3) is 0.500. The molecule has 2 fully saturated rings. The Morgan fingerprint density at radius 3 is 2.68 bits per heavy atom. The van der Waals surface area contributed by atoms with E-state index in [0.29, 0.717) is 12.1 Å². The van der Waals surface area contributed by atoms with Crippen molar-refractivity contribution in [1.82, 2.24) is 15.1 Å². The first-order valence-corrected chi connectivity index (χ1v) is 7.76. The molecule has 0 aliphatic carbocycles. The second-order valence-corrected chi connectivity index (χ2v) is 6.20. The van der Waals surface area contributed by atoms with Crippen LogP contribution in [0.25, 0.3) is 0 Å². The van der Waals surface area contributed by atoms with Crippen LogP contribution in [0, 0.1) is 5.82 Å². The Balaban J connectivity index is 0.00000225. The van der Waals surface area contributed by atoms with Crippen LogP contribution in [0.3, 0.4) is 0 Å². The van der Waals surface area contributed by atoms with E-state index in [1.165, 1.54) is 21.9 Å². The summed E-state index contributed by atoms with van der Waals surface area (Å²) in [5.74, 6) is -4.00. The Bertz CT molecular complexity index is 659. The van der Waals surface area contributed by atoms with Crippen molar-refractivity contribution in [3.8, 4) is 0 Å². The van der Waals surface area contributed by atoms with E-state index in [9.17, 15) is 22.8 Å². The van der Waals surface area contributed by atoms with Gasteiger partial charge in [0.1, 0.15) is 5.82 Å². The highest BCUT2D eigenvalue weighted by atomic mass is 35.5. The maximum Gasteiger partial charge on any atom is 0.262 e. The van der Waals surface area contributed by atoms with Gasteiger partial charge in [0.25, 0.3) is 5.92 Å². The minimum atomic E-state index is -2.89. The molecule has 0 saturated carbocycles. The molecule has 3 rings (SSSR count). The number of piperazine rings is 1. The molecular weight excluding hydrogens is 359 g/mol. The van der Waals surface area contributed by atoms with Gasteiger partial charge < -0.3 is 9.80 Å². The van der Waals surface area contributed by atoms with E-state index in [1.54, 1.807) is 12.1 Å². The molecule has 25 heavy (non-hydrogen) atoms. The molecule has 0 spiro atoms. The van der Waals surface area contributed by atoms with Crippen molar-refractivity contribution in [3.05, 3.63) is 35.6 Å². The number of rotatable bonds is 3. The summed E-state index contributed by atoms with van der Waals surface area (Å²) in [6, 6.07) is 5.03. The first kappa shape index (κ1) is 19.5. The average Bonchev–Trinajstić information content (AvgIpc) is 2.89. The Labute approximate surface area is 149 Å². The molecular formula is C16H19ClF3N3O2. The molecule has 2 saturated heterocycles. The topological polar surface area (TPSA) is 52.7 Å². The summed E-state index contributed by atoms with van der Waals surface area (Å²) < 4.78 is 39.6. The molecule has 1 aromatic rings. The highest BCUT2D eigenvalue weighted by Crippen LogP contribution is 2.26.